The molecule has 3 atom stereocenters. The van der Waals surface area contributed by atoms with Gasteiger partial charge in [-0.2, -0.15) is 5.26 Å². The van der Waals surface area contributed by atoms with Gasteiger partial charge >= 0.3 is 0 Å². The Kier molecular flexibility index (Phi) is 4.38. The van der Waals surface area contributed by atoms with Crippen molar-refractivity contribution in [1.29, 1.82) is 5.26 Å². The molecule has 3 unspecified atom stereocenters. The second-order valence-corrected chi connectivity index (χ2v) is 5.77. The lowest BCUT2D eigenvalue weighted by molar-refractivity contribution is -0.0465. The van der Waals surface area contributed by atoms with Gasteiger partial charge in [0.2, 0.25) is 0 Å². The molecule has 1 aliphatic rings. The zero-order valence-corrected chi connectivity index (χ0v) is 10.9. The van der Waals surface area contributed by atoms with E-state index in [-0.39, 0.29) is 0 Å². The molecule has 0 spiro atoms. The summed E-state index contributed by atoms with van der Waals surface area (Å²) in [4.78, 5) is 0. The van der Waals surface area contributed by atoms with Crippen LogP contribution in [0.1, 0.15) is 65.7 Å². The van der Waals surface area contributed by atoms with Crippen molar-refractivity contribution < 1.29 is 5.11 Å². The Morgan fingerprint density at radius 1 is 1.50 bits per heavy atom. The van der Waals surface area contributed by atoms with Crippen LogP contribution in [-0.2, 0) is 0 Å². The molecule has 0 aromatic carbocycles. The Bertz CT molecular complexity index is 266. The maximum Gasteiger partial charge on any atom is 0.0860 e. The number of hydrogen-bond acceptors (Lipinski definition) is 2. The van der Waals surface area contributed by atoms with Crippen molar-refractivity contribution in [3.63, 3.8) is 0 Å². The van der Waals surface area contributed by atoms with Crippen LogP contribution >= 0.6 is 0 Å². The molecule has 2 nitrogen and oxygen atoms in total. The second-order valence-electron chi connectivity index (χ2n) is 5.77. The van der Waals surface area contributed by atoms with Crippen molar-refractivity contribution in [3.8, 4) is 6.07 Å². The first kappa shape index (κ1) is 13.5. The predicted octanol–water partition coefficient (Wildman–Crippen LogP) is 3.65. The summed E-state index contributed by atoms with van der Waals surface area (Å²) in [5, 5.41) is 20.0. The van der Waals surface area contributed by atoms with Gasteiger partial charge in [-0.3, -0.25) is 0 Å². The number of rotatable bonds is 5. The van der Waals surface area contributed by atoms with Crippen molar-refractivity contribution in [2.24, 2.45) is 11.3 Å². The molecule has 0 aliphatic heterocycles. The average molecular weight is 223 g/mol. The molecule has 0 saturated heterocycles. The van der Waals surface area contributed by atoms with Crippen molar-refractivity contribution >= 4 is 0 Å². The fourth-order valence-corrected chi connectivity index (χ4v) is 2.96. The molecule has 16 heavy (non-hydrogen) atoms. The van der Waals surface area contributed by atoms with Crippen LogP contribution in [-0.4, -0.2) is 10.7 Å². The normalized spacial score (nSPS) is 33.3. The summed E-state index contributed by atoms with van der Waals surface area (Å²) in [7, 11) is 0. The molecule has 1 aliphatic carbocycles. The van der Waals surface area contributed by atoms with E-state index in [0.717, 1.165) is 44.9 Å². The number of hydrogen-bond donors (Lipinski definition) is 1. The summed E-state index contributed by atoms with van der Waals surface area (Å²) in [5.41, 5.74) is -1.29. The summed E-state index contributed by atoms with van der Waals surface area (Å²) in [6.45, 7) is 6.21. The van der Waals surface area contributed by atoms with Gasteiger partial charge in [-0.15, -0.1) is 0 Å². The molecular formula is C14H25NO. The molecule has 1 N–H and O–H groups in total. The lowest BCUT2D eigenvalue weighted by Crippen LogP contribution is -2.43. The Hall–Kier alpha value is -0.550. The molecule has 0 aromatic heterocycles. The third-order valence-corrected chi connectivity index (χ3v) is 4.27. The summed E-state index contributed by atoms with van der Waals surface area (Å²) >= 11 is 0. The smallest absolute Gasteiger partial charge is 0.0860 e. The highest BCUT2D eigenvalue weighted by Gasteiger charge is 2.50. The lowest BCUT2D eigenvalue weighted by atomic mass is 9.69. The van der Waals surface area contributed by atoms with Gasteiger partial charge in [0.05, 0.1) is 17.1 Å². The molecule has 1 saturated carbocycles. The van der Waals surface area contributed by atoms with Gasteiger partial charge in [-0.05, 0) is 38.5 Å². The first-order chi connectivity index (χ1) is 7.47. The molecule has 0 heterocycles. The highest BCUT2D eigenvalue weighted by Crippen LogP contribution is 2.50. The summed E-state index contributed by atoms with van der Waals surface area (Å²) in [6, 6.07) is 2.43. The first-order valence-electron chi connectivity index (χ1n) is 6.61. The van der Waals surface area contributed by atoms with Gasteiger partial charge in [0.15, 0.2) is 0 Å². The van der Waals surface area contributed by atoms with E-state index in [2.05, 4.69) is 19.9 Å². The van der Waals surface area contributed by atoms with Crippen molar-refractivity contribution in [3.05, 3.63) is 0 Å². The fourth-order valence-electron chi connectivity index (χ4n) is 2.96. The lowest BCUT2D eigenvalue weighted by Gasteiger charge is -2.37. The van der Waals surface area contributed by atoms with Crippen LogP contribution in [0.5, 0.6) is 0 Å². The van der Waals surface area contributed by atoms with E-state index < -0.39 is 11.0 Å². The Labute approximate surface area is 99.7 Å². The van der Waals surface area contributed by atoms with Gasteiger partial charge in [0.1, 0.15) is 0 Å². The van der Waals surface area contributed by atoms with E-state index in [4.69, 9.17) is 0 Å². The third-order valence-electron chi connectivity index (χ3n) is 4.27. The highest BCUT2D eigenvalue weighted by atomic mass is 16.3. The highest BCUT2D eigenvalue weighted by molar-refractivity contribution is 5.13. The number of aliphatic hydroxyl groups is 1. The van der Waals surface area contributed by atoms with Crippen molar-refractivity contribution in [2.45, 2.75) is 71.3 Å². The maximum atomic E-state index is 10.6. The standard InChI is InChI=1S/C14H25NO/c1-4-5-6-8-13(3,16)14(11-15)9-7-12(2)10-14/h12,16H,4-10H2,1-3H3. The van der Waals surface area contributed by atoms with Crippen LogP contribution < -0.4 is 0 Å². The van der Waals surface area contributed by atoms with Crippen LogP contribution in [0.15, 0.2) is 0 Å². The van der Waals surface area contributed by atoms with Crippen LogP contribution in [0.3, 0.4) is 0 Å². The van der Waals surface area contributed by atoms with Gasteiger partial charge in [-0.25, -0.2) is 0 Å². The van der Waals surface area contributed by atoms with E-state index in [1.165, 1.54) is 0 Å². The largest absolute Gasteiger partial charge is 0.389 e. The molecule has 0 radical (unpaired) electrons. The summed E-state index contributed by atoms with van der Waals surface area (Å²) in [6.07, 6.45) is 6.91. The van der Waals surface area contributed by atoms with Gasteiger partial charge in [0.25, 0.3) is 0 Å². The molecule has 0 bridgehead atoms. The van der Waals surface area contributed by atoms with Crippen LogP contribution in [0.2, 0.25) is 0 Å². The van der Waals surface area contributed by atoms with E-state index in [0.29, 0.717) is 5.92 Å². The van der Waals surface area contributed by atoms with Crippen molar-refractivity contribution in [1.82, 2.24) is 0 Å². The van der Waals surface area contributed by atoms with E-state index in [1.807, 2.05) is 6.92 Å². The molecule has 0 amide bonds. The Morgan fingerprint density at radius 3 is 2.62 bits per heavy atom. The first-order valence-corrected chi connectivity index (χ1v) is 6.61. The van der Waals surface area contributed by atoms with Crippen LogP contribution in [0.25, 0.3) is 0 Å². The third kappa shape index (κ3) is 2.58. The monoisotopic (exact) mass is 223 g/mol. The SMILES string of the molecule is CCCCCC(C)(O)C1(C#N)CCC(C)C1. The molecule has 1 rings (SSSR count). The number of unbranched alkanes of at least 4 members (excludes halogenated alkanes) is 2. The van der Waals surface area contributed by atoms with Crippen molar-refractivity contribution in [2.75, 3.05) is 0 Å². The van der Waals surface area contributed by atoms with Gasteiger partial charge < -0.3 is 5.11 Å². The zero-order valence-electron chi connectivity index (χ0n) is 10.9. The maximum absolute atomic E-state index is 10.6. The molecule has 2 heteroatoms. The van der Waals surface area contributed by atoms with Gasteiger partial charge in [-0.1, -0.05) is 33.1 Å². The molecular weight excluding hydrogens is 198 g/mol. The quantitative estimate of drug-likeness (QED) is 0.723. The number of nitriles is 1. The Balaban J connectivity index is 2.68. The summed E-state index contributed by atoms with van der Waals surface area (Å²) in [5.74, 6) is 0.581. The fraction of sp³-hybridized carbons (Fsp3) is 0.929. The van der Waals surface area contributed by atoms with E-state index >= 15 is 0 Å². The van der Waals surface area contributed by atoms with Crippen LogP contribution in [0.4, 0.5) is 0 Å². The number of nitrogens with zero attached hydrogens (tertiary/aromatic N) is 1. The van der Waals surface area contributed by atoms with Gasteiger partial charge in [0, 0.05) is 0 Å². The minimum absolute atomic E-state index is 0.486. The Morgan fingerprint density at radius 2 is 2.19 bits per heavy atom. The van der Waals surface area contributed by atoms with Crippen LogP contribution in [0, 0.1) is 22.7 Å². The minimum atomic E-state index is -0.804. The average Bonchev–Trinajstić information content (AvgIpc) is 2.62. The molecule has 1 fully saturated rings. The van der Waals surface area contributed by atoms with E-state index in [1.54, 1.807) is 0 Å². The summed E-state index contributed by atoms with van der Waals surface area (Å²) < 4.78 is 0. The van der Waals surface area contributed by atoms with E-state index in [9.17, 15) is 10.4 Å². The molecule has 92 valence electrons. The predicted molar refractivity (Wildman–Crippen MR) is 65.8 cm³/mol. The second kappa shape index (κ2) is 5.19. The zero-order chi connectivity index (χ0) is 12.2. The topological polar surface area (TPSA) is 44.0 Å². The molecule has 0 aromatic rings. The minimum Gasteiger partial charge on any atom is -0.389 e.